The van der Waals surface area contributed by atoms with Crippen LogP contribution in [0.3, 0.4) is 0 Å². The lowest BCUT2D eigenvalue weighted by molar-refractivity contribution is -0.123. The van der Waals surface area contributed by atoms with Gasteiger partial charge in [0.05, 0.1) is 0 Å². The van der Waals surface area contributed by atoms with E-state index in [9.17, 15) is 9.59 Å². The van der Waals surface area contributed by atoms with E-state index >= 15 is 0 Å². The standard InChI is InChI=1S/C22H30N4O2/c1-21(2,3)19(27)25-17-11-7-9-15(23-17)13-14-16-10-8-12-18(24-16)26-20(28)22(4,5)6/h7-12H,13-14H2,1-6H3,(H,23,25,27)(H,24,26,28). The first-order chi connectivity index (χ1) is 12.9. The van der Waals surface area contributed by atoms with Crippen molar-refractivity contribution in [2.45, 2.75) is 54.4 Å². The first kappa shape index (κ1) is 21.5. The van der Waals surface area contributed by atoms with Crippen molar-refractivity contribution in [2.75, 3.05) is 10.6 Å². The SMILES string of the molecule is CC(C)(C)C(=O)Nc1cccc(CCc2cccc(NC(=O)C(C)(C)C)n2)n1. The number of nitrogens with zero attached hydrogens (tertiary/aromatic N) is 2. The normalized spacial score (nSPS) is 11.8. The first-order valence-electron chi connectivity index (χ1n) is 9.50. The molecule has 0 saturated carbocycles. The summed E-state index contributed by atoms with van der Waals surface area (Å²) >= 11 is 0. The quantitative estimate of drug-likeness (QED) is 0.810. The summed E-state index contributed by atoms with van der Waals surface area (Å²) in [5.74, 6) is 0.968. The minimum atomic E-state index is -0.473. The number of anilines is 2. The molecule has 2 N–H and O–H groups in total. The van der Waals surface area contributed by atoms with Gasteiger partial charge in [-0.3, -0.25) is 9.59 Å². The minimum Gasteiger partial charge on any atom is -0.310 e. The van der Waals surface area contributed by atoms with E-state index in [0.717, 1.165) is 11.4 Å². The van der Waals surface area contributed by atoms with Gasteiger partial charge in [0.2, 0.25) is 11.8 Å². The van der Waals surface area contributed by atoms with Gasteiger partial charge in [-0.25, -0.2) is 9.97 Å². The summed E-state index contributed by atoms with van der Waals surface area (Å²) in [6, 6.07) is 11.2. The summed E-state index contributed by atoms with van der Waals surface area (Å²) in [6.07, 6.45) is 1.37. The Morgan fingerprint density at radius 3 is 1.39 bits per heavy atom. The van der Waals surface area contributed by atoms with Crippen LogP contribution >= 0.6 is 0 Å². The van der Waals surface area contributed by atoms with Crippen molar-refractivity contribution in [3.63, 3.8) is 0 Å². The molecule has 0 aromatic carbocycles. The van der Waals surface area contributed by atoms with Crippen molar-refractivity contribution in [3.8, 4) is 0 Å². The molecule has 6 nitrogen and oxygen atoms in total. The van der Waals surface area contributed by atoms with Crippen molar-refractivity contribution in [3.05, 3.63) is 47.8 Å². The van der Waals surface area contributed by atoms with Crippen molar-refractivity contribution < 1.29 is 9.59 Å². The molecule has 0 fully saturated rings. The molecular weight excluding hydrogens is 352 g/mol. The molecule has 2 amide bonds. The predicted octanol–water partition coefficient (Wildman–Crippen LogP) is 4.23. The lowest BCUT2D eigenvalue weighted by atomic mass is 9.96. The smallest absolute Gasteiger partial charge is 0.230 e. The highest BCUT2D eigenvalue weighted by Gasteiger charge is 2.22. The third-order valence-electron chi connectivity index (χ3n) is 4.10. The fraction of sp³-hybridized carbons (Fsp3) is 0.455. The van der Waals surface area contributed by atoms with Gasteiger partial charge in [0, 0.05) is 22.2 Å². The Morgan fingerprint density at radius 2 is 1.07 bits per heavy atom. The van der Waals surface area contributed by atoms with E-state index in [-0.39, 0.29) is 11.8 Å². The zero-order chi connectivity index (χ0) is 20.9. The molecule has 0 unspecified atom stereocenters. The number of carbonyl (C=O) groups is 2. The highest BCUT2D eigenvalue weighted by molar-refractivity contribution is 5.94. The molecule has 0 radical (unpaired) electrons. The zero-order valence-corrected chi connectivity index (χ0v) is 17.6. The highest BCUT2D eigenvalue weighted by atomic mass is 16.2. The van der Waals surface area contributed by atoms with Gasteiger partial charge < -0.3 is 10.6 Å². The van der Waals surface area contributed by atoms with Gasteiger partial charge in [0.1, 0.15) is 11.6 Å². The maximum absolute atomic E-state index is 12.1. The number of aromatic nitrogens is 2. The Kier molecular flexibility index (Phi) is 6.54. The van der Waals surface area contributed by atoms with E-state index < -0.39 is 10.8 Å². The van der Waals surface area contributed by atoms with Gasteiger partial charge in [-0.05, 0) is 37.1 Å². The third-order valence-corrected chi connectivity index (χ3v) is 4.10. The Morgan fingerprint density at radius 1 is 0.714 bits per heavy atom. The van der Waals surface area contributed by atoms with Crippen LogP contribution in [-0.2, 0) is 22.4 Å². The van der Waals surface area contributed by atoms with Crippen LogP contribution in [0.1, 0.15) is 52.9 Å². The number of nitrogens with one attached hydrogen (secondary N) is 2. The molecule has 0 aliphatic heterocycles. The van der Waals surface area contributed by atoms with E-state index in [1.807, 2.05) is 65.8 Å². The second-order valence-electron chi connectivity index (χ2n) is 8.94. The van der Waals surface area contributed by atoms with Gasteiger partial charge in [-0.15, -0.1) is 0 Å². The van der Waals surface area contributed by atoms with Crippen LogP contribution in [0.25, 0.3) is 0 Å². The summed E-state index contributed by atoms with van der Waals surface area (Å²) in [6.45, 7) is 11.2. The molecule has 0 atom stereocenters. The summed E-state index contributed by atoms with van der Waals surface area (Å²) in [4.78, 5) is 33.3. The monoisotopic (exact) mass is 382 g/mol. The van der Waals surface area contributed by atoms with Crippen molar-refractivity contribution >= 4 is 23.5 Å². The zero-order valence-electron chi connectivity index (χ0n) is 17.6. The minimum absolute atomic E-state index is 0.0684. The number of amides is 2. The Labute approximate surface area is 167 Å². The van der Waals surface area contributed by atoms with E-state index in [1.54, 1.807) is 12.1 Å². The molecule has 2 aromatic rings. The van der Waals surface area contributed by atoms with E-state index in [2.05, 4.69) is 20.6 Å². The molecule has 0 saturated heterocycles. The topological polar surface area (TPSA) is 84.0 Å². The van der Waals surface area contributed by atoms with Gasteiger partial charge in [-0.1, -0.05) is 53.7 Å². The average molecular weight is 383 g/mol. The average Bonchev–Trinajstić information content (AvgIpc) is 2.59. The third kappa shape index (κ3) is 6.44. The first-order valence-corrected chi connectivity index (χ1v) is 9.50. The molecule has 0 aliphatic rings. The summed E-state index contributed by atoms with van der Waals surface area (Å²) in [7, 11) is 0. The van der Waals surface area contributed by atoms with Gasteiger partial charge in [-0.2, -0.15) is 0 Å². The molecule has 0 aliphatic carbocycles. The van der Waals surface area contributed by atoms with Crippen LogP contribution < -0.4 is 10.6 Å². The maximum atomic E-state index is 12.1. The number of hydrogen-bond acceptors (Lipinski definition) is 4. The van der Waals surface area contributed by atoms with Crippen molar-refractivity contribution in [1.29, 1.82) is 0 Å². The van der Waals surface area contributed by atoms with Crippen LogP contribution in [0.4, 0.5) is 11.6 Å². The van der Waals surface area contributed by atoms with Crippen LogP contribution in [0, 0.1) is 10.8 Å². The molecule has 2 aromatic heterocycles. The lowest BCUT2D eigenvalue weighted by Gasteiger charge is -2.17. The van der Waals surface area contributed by atoms with Crippen molar-refractivity contribution in [2.24, 2.45) is 10.8 Å². The number of aryl methyl sites for hydroxylation is 2. The molecule has 6 heteroatoms. The molecule has 150 valence electrons. The Hall–Kier alpha value is -2.76. The van der Waals surface area contributed by atoms with Crippen molar-refractivity contribution in [1.82, 2.24) is 9.97 Å². The van der Waals surface area contributed by atoms with Crippen LogP contribution in [0.2, 0.25) is 0 Å². The Bertz CT molecular complexity index is 777. The van der Waals surface area contributed by atoms with Gasteiger partial charge in [0.25, 0.3) is 0 Å². The second kappa shape index (κ2) is 8.50. The lowest BCUT2D eigenvalue weighted by Crippen LogP contribution is -2.28. The molecule has 0 spiro atoms. The van der Waals surface area contributed by atoms with E-state index in [0.29, 0.717) is 24.5 Å². The van der Waals surface area contributed by atoms with Gasteiger partial charge in [0.15, 0.2) is 0 Å². The fourth-order valence-electron chi connectivity index (χ4n) is 2.24. The van der Waals surface area contributed by atoms with E-state index in [1.165, 1.54) is 0 Å². The summed E-state index contributed by atoms with van der Waals surface area (Å²) < 4.78 is 0. The number of carbonyl (C=O) groups excluding carboxylic acids is 2. The largest absolute Gasteiger partial charge is 0.310 e. The molecule has 2 rings (SSSR count). The van der Waals surface area contributed by atoms with Crippen LogP contribution in [-0.4, -0.2) is 21.8 Å². The molecule has 0 bridgehead atoms. The molecule has 28 heavy (non-hydrogen) atoms. The van der Waals surface area contributed by atoms with Crippen LogP contribution in [0.5, 0.6) is 0 Å². The number of rotatable bonds is 5. The van der Waals surface area contributed by atoms with Gasteiger partial charge >= 0.3 is 0 Å². The second-order valence-corrected chi connectivity index (χ2v) is 8.94. The number of pyridine rings is 2. The molecular formula is C22H30N4O2. The molecule has 2 heterocycles. The maximum Gasteiger partial charge on any atom is 0.230 e. The number of hydrogen-bond donors (Lipinski definition) is 2. The fourth-order valence-corrected chi connectivity index (χ4v) is 2.24. The summed E-state index contributed by atoms with van der Waals surface area (Å²) in [5.41, 5.74) is 0.800. The Balaban J connectivity index is 2.01. The van der Waals surface area contributed by atoms with Crippen LogP contribution in [0.15, 0.2) is 36.4 Å². The van der Waals surface area contributed by atoms with E-state index in [4.69, 9.17) is 0 Å². The summed E-state index contributed by atoms with van der Waals surface area (Å²) in [5, 5.41) is 5.70. The predicted molar refractivity (Wildman–Crippen MR) is 112 cm³/mol. The highest BCUT2D eigenvalue weighted by Crippen LogP contribution is 2.18.